The Bertz CT molecular complexity index is 1250. The molecule has 0 atom stereocenters. The monoisotopic (exact) mass is 447 g/mol. The Labute approximate surface area is 190 Å². The smallest absolute Gasteiger partial charge is 0.319 e. The Kier molecular flexibility index (Phi) is 6.61. The number of anilines is 1. The maximum Gasteiger partial charge on any atom is 0.319 e. The molecule has 2 N–H and O–H groups in total. The van der Waals surface area contributed by atoms with Crippen LogP contribution in [0.15, 0.2) is 54.0 Å². The number of fused-ring (bicyclic) bond motifs is 1. The van der Waals surface area contributed by atoms with Crippen LogP contribution in [-0.2, 0) is 6.42 Å². The van der Waals surface area contributed by atoms with E-state index in [-0.39, 0.29) is 11.8 Å². The first-order valence-corrected chi connectivity index (χ1v) is 11.6. The molecule has 4 rings (SSSR count). The van der Waals surface area contributed by atoms with Gasteiger partial charge >= 0.3 is 6.03 Å². The van der Waals surface area contributed by atoms with Gasteiger partial charge in [-0.1, -0.05) is 38.5 Å². The molecule has 0 aliphatic heterocycles. The van der Waals surface area contributed by atoms with Gasteiger partial charge in [-0.3, -0.25) is 4.79 Å². The molecule has 0 saturated carbocycles. The predicted molar refractivity (Wildman–Crippen MR) is 127 cm³/mol. The van der Waals surface area contributed by atoms with E-state index in [4.69, 9.17) is 0 Å². The highest BCUT2D eigenvalue weighted by atomic mass is 32.1. The number of aromatic nitrogens is 3. The third-order valence-corrected chi connectivity index (χ3v) is 5.98. The summed E-state index contributed by atoms with van der Waals surface area (Å²) in [4.78, 5) is 30.5. The van der Waals surface area contributed by atoms with Crippen molar-refractivity contribution >= 4 is 34.5 Å². The predicted octanol–water partition coefficient (Wildman–Crippen LogP) is 5.17. The Balaban J connectivity index is 1.70. The summed E-state index contributed by atoms with van der Waals surface area (Å²) in [5, 5.41) is 12.1. The zero-order valence-electron chi connectivity index (χ0n) is 18.1. The molecule has 0 aliphatic carbocycles. The van der Waals surface area contributed by atoms with Crippen LogP contribution in [0.3, 0.4) is 0 Å². The largest absolute Gasteiger partial charge is 0.338 e. The lowest BCUT2D eigenvalue weighted by Crippen LogP contribution is -2.29. The Morgan fingerprint density at radius 2 is 2.00 bits per heavy atom. The van der Waals surface area contributed by atoms with Crippen molar-refractivity contribution in [1.29, 1.82) is 0 Å². The molecule has 32 heavy (non-hydrogen) atoms. The Hall–Kier alpha value is -3.52. The van der Waals surface area contributed by atoms with Gasteiger partial charge in [0, 0.05) is 23.5 Å². The molecule has 7 nitrogen and oxygen atoms in total. The number of hydrogen-bond donors (Lipinski definition) is 2. The van der Waals surface area contributed by atoms with Gasteiger partial charge in [0.2, 0.25) is 5.78 Å². The maximum absolute atomic E-state index is 13.0. The van der Waals surface area contributed by atoms with Gasteiger partial charge in [-0.25, -0.2) is 14.3 Å². The van der Waals surface area contributed by atoms with Crippen LogP contribution in [0.25, 0.3) is 16.9 Å². The molecular weight excluding hydrogens is 422 g/mol. The second-order valence-electron chi connectivity index (χ2n) is 7.40. The van der Waals surface area contributed by atoms with Gasteiger partial charge in [0.05, 0.1) is 22.3 Å². The zero-order chi connectivity index (χ0) is 22.5. The van der Waals surface area contributed by atoms with Crippen molar-refractivity contribution in [2.24, 2.45) is 0 Å². The summed E-state index contributed by atoms with van der Waals surface area (Å²) in [6.45, 7) is 4.75. The van der Waals surface area contributed by atoms with Gasteiger partial charge in [-0.2, -0.15) is 5.10 Å². The van der Waals surface area contributed by atoms with E-state index < -0.39 is 0 Å². The number of thiophene rings is 1. The molecule has 0 aliphatic rings. The summed E-state index contributed by atoms with van der Waals surface area (Å²) in [5.74, 6) is -0.0825. The van der Waals surface area contributed by atoms with Crippen molar-refractivity contribution in [3.63, 3.8) is 0 Å². The molecule has 3 heterocycles. The molecule has 4 aromatic rings. The number of nitrogens with zero attached hydrogens (tertiary/aromatic N) is 3. The van der Waals surface area contributed by atoms with E-state index in [2.05, 4.69) is 27.6 Å². The number of benzene rings is 1. The van der Waals surface area contributed by atoms with E-state index >= 15 is 0 Å². The van der Waals surface area contributed by atoms with Crippen LogP contribution in [0.4, 0.5) is 10.5 Å². The van der Waals surface area contributed by atoms with Crippen LogP contribution < -0.4 is 10.6 Å². The molecule has 3 aromatic heterocycles. The highest BCUT2D eigenvalue weighted by Crippen LogP contribution is 2.27. The number of unbranched alkanes of at least 4 members (excludes halogenated alkanes) is 1. The maximum atomic E-state index is 13.0. The van der Waals surface area contributed by atoms with Crippen LogP contribution >= 0.6 is 11.3 Å². The number of ketones is 1. The minimum Gasteiger partial charge on any atom is -0.338 e. The van der Waals surface area contributed by atoms with E-state index in [0.29, 0.717) is 28.3 Å². The molecule has 1 aromatic carbocycles. The van der Waals surface area contributed by atoms with Crippen molar-refractivity contribution in [1.82, 2.24) is 19.9 Å². The molecule has 0 spiro atoms. The average Bonchev–Trinajstić information content (AvgIpc) is 3.48. The lowest BCUT2D eigenvalue weighted by molar-refractivity contribution is 0.104. The van der Waals surface area contributed by atoms with Crippen molar-refractivity contribution in [3.8, 4) is 11.3 Å². The van der Waals surface area contributed by atoms with Gasteiger partial charge in [0.15, 0.2) is 5.65 Å². The van der Waals surface area contributed by atoms with Crippen LogP contribution in [0.1, 0.15) is 47.6 Å². The lowest BCUT2D eigenvalue weighted by atomic mass is 10.1. The summed E-state index contributed by atoms with van der Waals surface area (Å²) >= 11 is 1.40. The highest BCUT2D eigenvalue weighted by Gasteiger charge is 2.19. The van der Waals surface area contributed by atoms with E-state index in [1.54, 1.807) is 10.7 Å². The first-order valence-electron chi connectivity index (χ1n) is 10.7. The number of carbonyl (C=O) groups excluding carboxylic acids is 2. The number of urea groups is 1. The molecule has 0 radical (unpaired) electrons. The van der Waals surface area contributed by atoms with Crippen LogP contribution in [0.5, 0.6) is 0 Å². The van der Waals surface area contributed by atoms with Crippen molar-refractivity contribution in [3.05, 3.63) is 70.2 Å². The summed E-state index contributed by atoms with van der Waals surface area (Å²) in [6, 6.07) is 13.0. The fourth-order valence-corrected chi connectivity index (χ4v) is 4.09. The third-order valence-electron chi connectivity index (χ3n) is 5.11. The quantitative estimate of drug-likeness (QED) is 0.288. The topological polar surface area (TPSA) is 88.4 Å². The molecule has 0 bridgehead atoms. The molecule has 2 amide bonds. The second kappa shape index (κ2) is 9.74. The minimum absolute atomic E-state index is 0.0825. The van der Waals surface area contributed by atoms with Gasteiger partial charge in [0.1, 0.15) is 0 Å². The van der Waals surface area contributed by atoms with Crippen LogP contribution in [0, 0.1) is 0 Å². The zero-order valence-corrected chi connectivity index (χ0v) is 18.9. The van der Waals surface area contributed by atoms with E-state index in [9.17, 15) is 9.59 Å². The fourth-order valence-electron chi connectivity index (χ4n) is 3.41. The van der Waals surface area contributed by atoms with Crippen molar-refractivity contribution in [2.75, 3.05) is 11.9 Å². The van der Waals surface area contributed by atoms with E-state index in [0.717, 1.165) is 36.2 Å². The minimum atomic E-state index is -0.229. The van der Waals surface area contributed by atoms with E-state index in [1.807, 2.05) is 54.8 Å². The highest BCUT2D eigenvalue weighted by molar-refractivity contribution is 7.12. The number of nitrogens with one attached hydrogen (secondary N) is 2. The number of rotatable bonds is 8. The molecule has 164 valence electrons. The molecule has 0 unspecified atom stereocenters. The van der Waals surface area contributed by atoms with Gasteiger partial charge in [-0.05, 0) is 42.5 Å². The molecule has 0 saturated heterocycles. The van der Waals surface area contributed by atoms with Crippen LogP contribution in [0.2, 0.25) is 0 Å². The Morgan fingerprint density at radius 3 is 2.75 bits per heavy atom. The van der Waals surface area contributed by atoms with Crippen molar-refractivity contribution in [2.45, 2.75) is 33.1 Å². The van der Waals surface area contributed by atoms with Gasteiger partial charge in [-0.15, -0.1) is 11.3 Å². The molecule has 0 fully saturated rings. The number of hydrogen-bond acceptors (Lipinski definition) is 5. The Morgan fingerprint density at radius 1 is 1.12 bits per heavy atom. The third kappa shape index (κ3) is 4.55. The van der Waals surface area contributed by atoms with E-state index in [1.165, 1.54) is 11.3 Å². The normalized spacial score (nSPS) is 10.9. The molecular formula is C24H25N5O2S. The lowest BCUT2D eigenvalue weighted by Gasteiger charge is -2.11. The summed E-state index contributed by atoms with van der Waals surface area (Å²) < 4.78 is 1.69. The first-order chi connectivity index (χ1) is 15.6. The van der Waals surface area contributed by atoms with Crippen LogP contribution in [-0.4, -0.2) is 33.0 Å². The average molecular weight is 448 g/mol. The standard InChI is InChI=1S/C24H25N5O2S/c1-3-5-11-25-24(31)28-18-9-6-8-16(13-18)20-14-17(4-2)27-23-19(15-26-29(20)23)22(30)21-10-7-12-32-21/h6-10,12-15H,3-5,11H2,1-2H3,(H2,25,28,31). The van der Waals surface area contributed by atoms with Gasteiger partial charge < -0.3 is 10.6 Å². The van der Waals surface area contributed by atoms with Crippen molar-refractivity contribution < 1.29 is 9.59 Å². The second-order valence-corrected chi connectivity index (χ2v) is 8.35. The number of aryl methyl sites for hydroxylation is 1. The fraction of sp³-hybridized carbons (Fsp3) is 0.250. The first kappa shape index (κ1) is 21.7. The summed E-state index contributed by atoms with van der Waals surface area (Å²) in [7, 11) is 0. The SMILES string of the molecule is CCCCNC(=O)Nc1cccc(-c2cc(CC)nc3c(C(=O)c4cccs4)cnn23)c1. The van der Waals surface area contributed by atoms with Gasteiger partial charge in [0.25, 0.3) is 0 Å². The molecule has 8 heteroatoms. The summed E-state index contributed by atoms with van der Waals surface area (Å²) in [5.41, 5.74) is 4.25. The number of amides is 2. The summed E-state index contributed by atoms with van der Waals surface area (Å²) in [6.07, 6.45) is 4.26. The number of carbonyl (C=O) groups is 2.